The van der Waals surface area contributed by atoms with E-state index in [0.717, 1.165) is 0 Å². The van der Waals surface area contributed by atoms with E-state index in [-0.39, 0.29) is 5.82 Å². The topological polar surface area (TPSA) is 38.9 Å². The molecule has 0 unspecified atom stereocenters. The van der Waals surface area contributed by atoms with Crippen molar-refractivity contribution < 1.29 is 4.39 Å². The molecule has 1 aromatic heterocycles. The SMILES string of the molecule is Nc1ncccc1-c1cc(F)ccc1Cl. The van der Waals surface area contributed by atoms with Crippen molar-refractivity contribution >= 4 is 17.4 Å². The van der Waals surface area contributed by atoms with E-state index in [1.54, 1.807) is 18.3 Å². The number of pyridine rings is 1. The highest BCUT2D eigenvalue weighted by Crippen LogP contribution is 2.31. The Balaban J connectivity index is 2.64. The van der Waals surface area contributed by atoms with Gasteiger partial charge in [0.15, 0.2) is 0 Å². The van der Waals surface area contributed by atoms with Gasteiger partial charge >= 0.3 is 0 Å². The molecule has 1 aromatic carbocycles. The summed E-state index contributed by atoms with van der Waals surface area (Å²) in [5, 5.41) is 0.455. The summed E-state index contributed by atoms with van der Waals surface area (Å²) in [7, 11) is 0. The maximum Gasteiger partial charge on any atom is 0.131 e. The van der Waals surface area contributed by atoms with Crippen LogP contribution >= 0.6 is 11.6 Å². The molecule has 0 spiro atoms. The molecule has 2 rings (SSSR count). The summed E-state index contributed by atoms with van der Waals surface area (Å²) in [6.45, 7) is 0. The minimum atomic E-state index is -0.349. The largest absolute Gasteiger partial charge is 0.383 e. The first-order valence-electron chi connectivity index (χ1n) is 4.34. The Morgan fingerprint density at radius 1 is 1.20 bits per heavy atom. The number of nitrogen functional groups attached to an aromatic ring is 1. The zero-order valence-electron chi connectivity index (χ0n) is 7.74. The number of hydrogen-bond acceptors (Lipinski definition) is 2. The van der Waals surface area contributed by atoms with Crippen LogP contribution in [-0.2, 0) is 0 Å². The van der Waals surface area contributed by atoms with Gasteiger partial charge in [0.1, 0.15) is 11.6 Å². The zero-order valence-corrected chi connectivity index (χ0v) is 8.50. The lowest BCUT2D eigenvalue weighted by Gasteiger charge is -2.06. The number of nitrogens with two attached hydrogens (primary N) is 1. The van der Waals surface area contributed by atoms with Gasteiger partial charge < -0.3 is 5.73 Å². The Bertz CT molecular complexity index is 500. The van der Waals surface area contributed by atoms with Gasteiger partial charge in [0.2, 0.25) is 0 Å². The van der Waals surface area contributed by atoms with Crippen LogP contribution < -0.4 is 5.73 Å². The van der Waals surface area contributed by atoms with Gasteiger partial charge in [0.25, 0.3) is 0 Å². The Kier molecular flexibility index (Phi) is 2.56. The Morgan fingerprint density at radius 2 is 2.00 bits per heavy atom. The Morgan fingerprint density at radius 3 is 2.73 bits per heavy atom. The average Bonchev–Trinajstić information content (AvgIpc) is 2.23. The van der Waals surface area contributed by atoms with Gasteiger partial charge in [0.05, 0.1) is 0 Å². The van der Waals surface area contributed by atoms with Crippen molar-refractivity contribution in [3.8, 4) is 11.1 Å². The quantitative estimate of drug-likeness (QED) is 0.805. The molecule has 4 heteroatoms. The molecule has 0 saturated heterocycles. The van der Waals surface area contributed by atoms with Crippen LogP contribution in [0.15, 0.2) is 36.5 Å². The molecule has 2 nitrogen and oxygen atoms in total. The monoisotopic (exact) mass is 222 g/mol. The maximum atomic E-state index is 13.0. The van der Waals surface area contributed by atoms with Crippen LogP contribution in [0.3, 0.4) is 0 Å². The Labute approximate surface area is 91.5 Å². The minimum absolute atomic E-state index is 0.338. The molecule has 2 N–H and O–H groups in total. The van der Waals surface area contributed by atoms with E-state index in [1.807, 2.05) is 0 Å². The Hall–Kier alpha value is -1.61. The summed E-state index contributed by atoms with van der Waals surface area (Å²) in [5.41, 5.74) is 6.88. The van der Waals surface area contributed by atoms with Gasteiger partial charge in [-0.1, -0.05) is 11.6 Å². The molecule has 0 aliphatic carbocycles. The van der Waals surface area contributed by atoms with Crippen LogP contribution in [0.2, 0.25) is 5.02 Å². The lowest BCUT2D eigenvalue weighted by molar-refractivity contribution is 0.628. The van der Waals surface area contributed by atoms with Crippen LogP contribution in [-0.4, -0.2) is 4.98 Å². The first kappa shape index (κ1) is 9.93. The number of anilines is 1. The number of hydrogen-bond donors (Lipinski definition) is 1. The predicted octanol–water partition coefficient (Wildman–Crippen LogP) is 3.12. The van der Waals surface area contributed by atoms with E-state index in [9.17, 15) is 4.39 Å². The number of nitrogens with zero attached hydrogens (tertiary/aromatic N) is 1. The van der Waals surface area contributed by atoms with Gasteiger partial charge in [-0.05, 0) is 30.3 Å². The summed E-state index contributed by atoms with van der Waals surface area (Å²) in [6, 6.07) is 7.63. The molecule has 0 aliphatic rings. The molecule has 0 bridgehead atoms. The molecule has 0 aliphatic heterocycles. The summed E-state index contributed by atoms with van der Waals surface area (Å²) in [6.07, 6.45) is 1.58. The first-order chi connectivity index (χ1) is 7.18. The number of aromatic nitrogens is 1. The maximum absolute atomic E-state index is 13.0. The second-order valence-electron chi connectivity index (χ2n) is 3.06. The molecule has 0 amide bonds. The normalized spacial score (nSPS) is 10.3. The lowest BCUT2D eigenvalue weighted by Crippen LogP contribution is -1.93. The number of benzene rings is 1. The van der Waals surface area contributed by atoms with Crippen molar-refractivity contribution in [2.45, 2.75) is 0 Å². The summed E-state index contributed by atoms with van der Waals surface area (Å²) < 4.78 is 13.0. The molecule has 0 saturated carbocycles. The highest BCUT2D eigenvalue weighted by Gasteiger charge is 2.08. The standard InChI is InChI=1S/C11H8ClFN2/c12-10-4-3-7(13)6-9(10)8-2-1-5-15-11(8)14/h1-6H,(H2,14,15). The van der Waals surface area contributed by atoms with Crippen LogP contribution in [0.1, 0.15) is 0 Å². The smallest absolute Gasteiger partial charge is 0.131 e. The average molecular weight is 223 g/mol. The summed E-state index contributed by atoms with van der Waals surface area (Å²) in [5.74, 6) is -0.0114. The third kappa shape index (κ3) is 1.92. The van der Waals surface area contributed by atoms with E-state index < -0.39 is 0 Å². The number of halogens is 2. The molecule has 1 heterocycles. The highest BCUT2D eigenvalue weighted by molar-refractivity contribution is 6.33. The van der Waals surface area contributed by atoms with E-state index in [0.29, 0.717) is 22.0 Å². The van der Waals surface area contributed by atoms with Gasteiger partial charge in [0, 0.05) is 22.3 Å². The molecule has 15 heavy (non-hydrogen) atoms. The van der Waals surface area contributed by atoms with E-state index in [2.05, 4.69) is 4.98 Å². The second-order valence-corrected chi connectivity index (χ2v) is 3.47. The summed E-state index contributed by atoms with van der Waals surface area (Å²) in [4.78, 5) is 3.92. The fourth-order valence-electron chi connectivity index (χ4n) is 1.35. The fraction of sp³-hybridized carbons (Fsp3) is 0. The molecule has 0 fully saturated rings. The number of rotatable bonds is 1. The van der Waals surface area contributed by atoms with Crippen molar-refractivity contribution in [3.05, 3.63) is 47.4 Å². The van der Waals surface area contributed by atoms with Gasteiger partial charge in [-0.2, -0.15) is 0 Å². The zero-order chi connectivity index (χ0) is 10.8. The van der Waals surface area contributed by atoms with E-state index in [1.165, 1.54) is 18.2 Å². The molecular weight excluding hydrogens is 215 g/mol. The van der Waals surface area contributed by atoms with Crippen molar-refractivity contribution in [2.24, 2.45) is 0 Å². The fourth-order valence-corrected chi connectivity index (χ4v) is 1.57. The van der Waals surface area contributed by atoms with Crippen LogP contribution in [0.25, 0.3) is 11.1 Å². The molecule has 76 valence electrons. The van der Waals surface area contributed by atoms with Crippen molar-refractivity contribution in [1.82, 2.24) is 4.98 Å². The highest BCUT2D eigenvalue weighted by atomic mass is 35.5. The van der Waals surface area contributed by atoms with Gasteiger partial charge in [-0.15, -0.1) is 0 Å². The lowest BCUT2D eigenvalue weighted by atomic mass is 10.1. The van der Waals surface area contributed by atoms with E-state index in [4.69, 9.17) is 17.3 Å². The summed E-state index contributed by atoms with van der Waals surface area (Å²) >= 11 is 5.95. The van der Waals surface area contributed by atoms with Gasteiger partial charge in [-0.3, -0.25) is 0 Å². The molecule has 0 atom stereocenters. The van der Waals surface area contributed by atoms with Crippen LogP contribution in [0.4, 0.5) is 10.2 Å². The third-order valence-corrected chi connectivity index (χ3v) is 2.39. The van der Waals surface area contributed by atoms with Gasteiger partial charge in [-0.25, -0.2) is 9.37 Å². The van der Waals surface area contributed by atoms with Crippen molar-refractivity contribution in [3.63, 3.8) is 0 Å². The van der Waals surface area contributed by atoms with Crippen LogP contribution in [0, 0.1) is 5.82 Å². The minimum Gasteiger partial charge on any atom is -0.383 e. The van der Waals surface area contributed by atoms with Crippen molar-refractivity contribution in [2.75, 3.05) is 5.73 Å². The van der Waals surface area contributed by atoms with E-state index >= 15 is 0 Å². The molecule has 2 aromatic rings. The van der Waals surface area contributed by atoms with Crippen molar-refractivity contribution in [1.29, 1.82) is 0 Å². The molecular formula is C11H8ClFN2. The predicted molar refractivity (Wildman–Crippen MR) is 59.1 cm³/mol. The first-order valence-corrected chi connectivity index (χ1v) is 4.72. The second kappa shape index (κ2) is 3.87. The van der Waals surface area contributed by atoms with Crippen LogP contribution in [0.5, 0.6) is 0 Å². The molecule has 0 radical (unpaired) electrons. The third-order valence-electron chi connectivity index (χ3n) is 2.06.